The number of nitrogens with zero attached hydrogens (tertiary/aromatic N) is 1. The number of hydrogen-bond donors (Lipinski definition) is 1. The molecule has 3 aromatic carbocycles. The van der Waals surface area contributed by atoms with E-state index in [1.807, 2.05) is 25.1 Å². The maximum Gasteiger partial charge on any atom is 0.338 e. The molecule has 184 valence electrons. The molecule has 8 heteroatoms. The van der Waals surface area contributed by atoms with E-state index in [1.165, 1.54) is 18.1 Å². The number of halogens is 1. The Balaban J connectivity index is 1.92. The zero-order valence-electron chi connectivity index (χ0n) is 19.9. The summed E-state index contributed by atoms with van der Waals surface area (Å²) < 4.78 is 10.9. The third-order valence-electron chi connectivity index (χ3n) is 5.86. The van der Waals surface area contributed by atoms with Gasteiger partial charge in [0.1, 0.15) is 11.5 Å². The van der Waals surface area contributed by atoms with E-state index in [4.69, 9.17) is 9.47 Å². The summed E-state index contributed by atoms with van der Waals surface area (Å²) in [6, 6.07) is 17.7. The largest absolute Gasteiger partial charge is 0.507 e. The Morgan fingerprint density at radius 1 is 1.03 bits per heavy atom. The Bertz CT molecular complexity index is 1400. The average molecular weight is 550 g/mol. The van der Waals surface area contributed by atoms with Gasteiger partial charge in [-0.1, -0.05) is 35.9 Å². The number of carbonyl (C=O) groups excluding carboxylic acids is 3. The summed E-state index contributed by atoms with van der Waals surface area (Å²) in [5.41, 5.74) is 2.45. The summed E-state index contributed by atoms with van der Waals surface area (Å²) in [5, 5.41) is 11.3. The van der Waals surface area contributed by atoms with Crippen LogP contribution in [0.2, 0.25) is 0 Å². The smallest absolute Gasteiger partial charge is 0.338 e. The first-order valence-corrected chi connectivity index (χ1v) is 12.0. The Kier molecular flexibility index (Phi) is 7.26. The van der Waals surface area contributed by atoms with Crippen molar-refractivity contribution in [2.75, 3.05) is 18.6 Å². The normalized spacial score (nSPS) is 16.8. The molecular weight excluding hydrogens is 526 g/mol. The van der Waals surface area contributed by atoms with Crippen LogP contribution >= 0.6 is 15.9 Å². The molecule has 0 radical (unpaired) electrons. The van der Waals surface area contributed by atoms with E-state index in [9.17, 15) is 19.5 Å². The Hall–Kier alpha value is -3.91. The molecule has 0 aliphatic carbocycles. The lowest BCUT2D eigenvalue weighted by Gasteiger charge is -2.26. The number of amides is 1. The molecule has 0 spiro atoms. The average Bonchev–Trinajstić information content (AvgIpc) is 3.14. The van der Waals surface area contributed by atoms with Crippen LogP contribution in [0.4, 0.5) is 5.69 Å². The number of hydrogen-bond acceptors (Lipinski definition) is 6. The Morgan fingerprint density at radius 3 is 2.44 bits per heavy atom. The minimum atomic E-state index is -0.914. The molecule has 1 atom stereocenters. The van der Waals surface area contributed by atoms with Crippen LogP contribution in [0.25, 0.3) is 5.76 Å². The number of Topliss-reactive ketones (excluding diaryl/α,β-unsaturated/α-hetero) is 1. The molecule has 0 aromatic heterocycles. The zero-order valence-corrected chi connectivity index (χ0v) is 21.5. The third kappa shape index (κ3) is 4.64. The molecule has 1 aliphatic heterocycles. The molecule has 1 fully saturated rings. The molecule has 0 saturated carbocycles. The van der Waals surface area contributed by atoms with Gasteiger partial charge in [-0.15, -0.1) is 0 Å². The fourth-order valence-electron chi connectivity index (χ4n) is 4.22. The summed E-state index contributed by atoms with van der Waals surface area (Å²) in [7, 11) is 1.52. The lowest BCUT2D eigenvalue weighted by Crippen LogP contribution is -2.29. The van der Waals surface area contributed by atoms with Crippen LogP contribution in [0.15, 0.2) is 76.8 Å². The van der Waals surface area contributed by atoms with Crippen molar-refractivity contribution in [2.24, 2.45) is 0 Å². The number of anilines is 1. The van der Waals surface area contributed by atoms with Gasteiger partial charge < -0.3 is 14.6 Å². The predicted molar refractivity (Wildman–Crippen MR) is 139 cm³/mol. The monoisotopic (exact) mass is 549 g/mol. The number of benzene rings is 3. The first kappa shape index (κ1) is 25.2. The lowest BCUT2D eigenvalue weighted by molar-refractivity contribution is -0.132. The van der Waals surface area contributed by atoms with E-state index in [0.717, 1.165) is 5.56 Å². The van der Waals surface area contributed by atoms with E-state index in [2.05, 4.69) is 15.9 Å². The van der Waals surface area contributed by atoms with Crippen molar-refractivity contribution in [3.63, 3.8) is 0 Å². The number of carbonyl (C=O) groups is 3. The molecule has 1 saturated heterocycles. The maximum atomic E-state index is 13.4. The quantitative estimate of drug-likeness (QED) is 0.187. The van der Waals surface area contributed by atoms with Crippen LogP contribution in [0.1, 0.15) is 40.0 Å². The van der Waals surface area contributed by atoms with Crippen molar-refractivity contribution in [1.82, 2.24) is 0 Å². The summed E-state index contributed by atoms with van der Waals surface area (Å²) in [5.74, 6) is -1.93. The summed E-state index contributed by atoms with van der Waals surface area (Å²) in [4.78, 5) is 40.4. The Morgan fingerprint density at radius 2 is 1.78 bits per heavy atom. The van der Waals surface area contributed by atoms with Crippen molar-refractivity contribution in [3.8, 4) is 5.75 Å². The van der Waals surface area contributed by atoms with Gasteiger partial charge >= 0.3 is 5.97 Å². The van der Waals surface area contributed by atoms with E-state index in [1.54, 1.807) is 49.4 Å². The molecule has 1 unspecified atom stereocenters. The number of ether oxygens (including phenoxy) is 2. The topological polar surface area (TPSA) is 93.1 Å². The number of rotatable bonds is 6. The summed E-state index contributed by atoms with van der Waals surface area (Å²) in [6.07, 6.45) is 0. The minimum Gasteiger partial charge on any atom is -0.507 e. The van der Waals surface area contributed by atoms with Gasteiger partial charge in [-0.2, -0.15) is 0 Å². The zero-order chi connectivity index (χ0) is 26.0. The van der Waals surface area contributed by atoms with Gasteiger partial charge in [-0.05, 0) is 71.7 Å². The number of aliphatic hydroxyl groups excluding tert-OH is 1. The second-order valence-corrected chi connectivity index (χ2v) is 9.06. The van der Waals surface area contributed by atoms with Crippen molar-refractivity contribution < 1.29 is 29.0 Å². The first-order chi connectivity index (χ1) is 17.3. The molecule has 0 bridgehead atoms. The fraction of sp³-hybridized carbons (Fsp3) is 0.179. The van der Waals surface area contributed by atoms with Crippen LogP contribution in [-0.4, -0.2) is 36.5 Å². The molecule has 1 N–H and O–H groups in total. The van der Waals surface area contributed by atoms with Crippen LogP contribution < -0.4 is 9.64 Å². The highest BCUT2D eigenvalue weighted by atomic mass is 79.9. The number of esters is 1. The SMILES string of the molecule is CCOC(=O)c1cccc(N2C(=O)C(=O)/C(=C(/O)c3ccc(OC)c(Br)c3)C2c2cccc(C)c2)c1. The summed E-state index contributed by atoms with van der Waals surface area (Å²) in [6.45, 7) is 3.81. The van der Waals surface area contributed by atoms with Gasteiger partial charge in [0.05, 0.1) is 35.4 Å². The Labute approximate surface area is 217 Å². The standard InChI is InChI=1S/C28H24BrNO6/c1-4-36-28(34)19-9-6-10-20(14-19)30-24(17-8-5-7-16(2)13-17)23(26(32)27(30)33)25(31)18-11-12-22(35-3)21(29)15-18/h5-15,24,31H,4H2,1-3H3/b25-23+. The molecule has 3 aromatic rings. The predicted octanol–water partition coefficient (Wildman–Crippen LogP) is 5.57. The number of ketones is 1. The summed E-state index contributed by atoms with van der Waals surface area (Å²) >= 11 is 3.40. The van der Waals surface area contributed by atoms with Crippen molar-refractivity contribution in [2.45, 2.75) is 19.9 Å². The molecular formula is C28H24BrNO6. The lowest BCUT2D eigenvalue weighted by atomic mass is 9.94. The number of aliphatic hydroxyl groups is 1. The van der Waals surface area contributed by atoms with Crippen LogP contribution in [0, 0.1) is 6.92 Å². The highest BCUT2D eigenvalue weighted by Gasteiger charge is 2.47. The first-order valence-electron chi connectivity index (χ1n) is 11.3. The van der Waals surface area contributed by atoms with E-state index in [0.29, 0.717) is 27.0 Å². The highest BCUT2D eigenvalue weighted by Crippen LogP contribution is 2.43. The second-order valence-electron chi connectivity index (χ2n) is 8.20. The number of methoxy groups -OCH3 is 1. The van der Waals surface area contributed by atoms with E-state index >= 15 is 0 Å². The van der Waals surface area contributed by atoms with Gasteiger partial charge in [-0.25, -0.2) is 4.79 Å². The third-order valence-corrected chi connectivity index (χ3v) is 6.48. The molecule has 7 nitrogen and oxygen atoms in total. The molecule has 1 aliphatic rings. The molecule has 1 amide bonds. The number of aryl methyl sites for hydroxylation is 1. The van der Waals surface area contributed by atoms with Crippen LogP contribution in [0.5, 0.6) is 5.75 Å². The van der Waals surface area contributed by atoms with Crippen molar-refractivity contribution >= 4 is 45.0 Å². The van der Waals surface area contributed by atoms with Crippen molar-refractivity contribution in [3.05, 3.63) is 99.0 Å². The van der Waals surface area contributed by atoms with Gasteiger partial charge in [-0.3, -0.25) is 14.5 Å². The van der Waals surface area contributed by atoms with Crippen LogP contribution in [0.3, 0.4) is 0 Å². The molecule has 4 rings (SSSR count). The highest BCUT2D eigenvalue weighted by molar-refractivity contribution is 9.10. The fourth-order valence-corrected chi connectivity index (χ4v) is 4.76. The molecule has 1 heterocycles. The van der Waals surface area contributed by atoms with E-state index < -0.39 is 23.7 Å². The van der Waals surface area contributed by atoms with Gasteiger partial charge in [0.25, 0.3) is 11.7 Å². The van der Waals surface area contributed by atoms with Crippen molar-refractivity contribution in [1.29, 1.82) is 0 Å². The van der Waals surface area contributed by atoms with E-state index in [-0.39, 0.29) is 23.5 Å². The van der Waals surface area contributed by atoms with Gasteiger partial charge in [0.2, 0.25) is 0 Å². The minimum absolute atomic E-state index is 0.0517. The second kappa shape index (κ2) is 10.4. The molecule has 36 heavy (non-hydrogen) atoms. The van der Waals surface area contributed by atoms with Gasteiger partial charge in [0.15, 0.2) is 0 Å². The van der Waals surface area contributed by atoms with Crippen LogP contribution in [-0.2, 0) is 14.3 Å². The maximum absolute atomic E-state index is 13.4. The van der Waals surface area contributed by atoms with Gasteiger partial charge in [0, 0.05) is 11.3 Å².